The van der Waals surface area contributed by atoms with E-state index in [2.05, 4.69) is 23.0 Å². The molecule has 1 heterocycles. The Morgan fingerprint density at radius 3 is 2.82 bits per heavy atom. The Bertz CT molecular complexity index is 569. The van der Waals surface area contributed by atoms with Gasteiger partial charge in [-0.25, -0.2) is 0 Å². The van der Waals surface area contributed by atoms with Crippen LogP contribution in [-0.4, -0.2) is 0 Å². The summed E-state index contributed by atoms with van der Waals surface area (Å²) in [5, 5.41) is 16.8. The summed E-state index contributed by atoms with van der Waals surface area (Å²) in [5.41, 5.74) is 4.02. The van der Waals surface area contributed by atoms with Crippen LogP contribution in [0.3, 0.4) is 0 Å². The van der Waals surface area contributed by atoms with Crippen LogP contribution in [0.1, 0.15) is 16.7 Å². The predicted octanol–water partition coefficient (Wildman–Crippen LogP) is 4.19. The molecular formula is C13H11ClN2S. The van der Waals surface area contributed by atoms with Crippen LogP contribution in [0.5, 0.6) is 0 Å². The van der Waals surface area contributed by atoms with Gasteiger partial charge in [-0.3, -0.25) is 0 Å². The van der Waals surface area contributed by atoms with Crippen molar-refractivity contribution in [2.45, 2.75) is 13.5 Å². The van der Waals surface area contributed by atoms with Crippen molar-refractivity contribution in [2.75, 3.05) is 5.32 Å². The zero-order valence-electron chi connectivity index (χ0n) is 9.33. The van der Waals surface area contributed by atoms with E-state index in [-0.39, 0.29) is 0 Å². The molecule has 0 atom stereocenters. The molecule has 1 N–H and O–H groups in total. The van der Waals surface area contributed by atoms with Crippen molar-refractivity contribution < 1.29 is 0 Å². The first-order valence-corrected chi connectivity index (χ1v) is 6.48. The van der Waals surface area contributed by atoms with Crippen LogP contribution in [0.4, 0.5) is 5.69 Å². The number of halogens is 1. The average Bonchev–Trinajstić information content (AvgIpc) is 2.72. The first kappa shape index (κ1) is 12.0. The molecule has 0 bridgehead atoms. The molecule has 0 spiro atoms. The minimum atomic E-state index is 0.486. The summed E-state index contributed by atoms with van der Waals surface area (Å²) in [6.07, 6.45) is 0. The summed E-state index contributed by atoms with van der Waals surface area (Å²) >= 11 is 7.66. The second kappa shape index (κ2) is 5.22. The van der Waals surface area contributed by atoms with Crippen LogP contribution in [0, 0.1) is 18.3 Å². The second-order valence-electron chi connectivity index (χ2n) is 3.74. The number of nitriles is 1. The monoisotopic (exact) mass is 262 g/mol. The summed E-state index contributed by atoms with van der Waals surface area (Å²) in [6.45, 7) is 2.87. The van der Waals surface area contributed by atoms with Gasteiger partial charge in [-0.05, 0) is 47.0 Å². The molecule has 2 aromatic rings. The molecule has 0 aliphatic heterocycles. The number of rotatable bonds is 3. The summed E-state index contributed by atoms with van der Waals surface area (Å²) in [4.78, 5) is 0. The topological polar surface area (TPSA) is 35.8 Å². The quantitative estimate of drug-likeness (QED) is 0.900. The number of anilines is 1. The summed E-state index contributed by atoms with van der Waals surface area (Å²) in [7, 11) is 0. The van der Waals surface area contributed by atoms with Crippen molar-refractivity contribution in [1.82, 2.24) is 0 Å². The molecule has 2 rings (SSSR count). The van der Waals surface area contributed by atoms with E-state index in [9.17, 15) is 0 Å². The highest BCUT2D eigenvalue weighted by Crippen LogP contribution is 2.21. The van der Waals surface area contributed by atoms with Crippen molar-refractivity contribution >= 4 is 28.6 Å². The van der Waals surface area contributed by atoms with Gasteiger partial charge < -0.3 is 5.32 Å². The molecule has 0 fully saturated rings. The predicted molar refractivity (Wildman–Crippen MR) is 72.5 cm³/mol. The zero-order valence-corrected chi connectivity index (χ0v) is 10.9. The molecule has 0 unspecified atom stereocenters. The lowest BCUT2D eigenvalue weighted by Crippen LogP contribution is -1.99. The third-order valence-corrected chi connectivity index (χ3v) is 3.76. The number of aryl methyl sites for hydroxylation is 1. The lowest BCUT2D eigenvalue weighted by atomic mass is 10.2. The van der Waals surface area contributed by atoms with Crippen LogP contribution < -0.4 is 5.32 Å². The first-order valence-electron chi connectivity index (χ1n) is 5.16. The highest BCUT2D eigenvalue weighted by Gasteiger charge is 2.02. The largest absolute Gasteiger partial charge is 0.381 e. The van der Waals surface area contributed by atoms with Gasteiger partial charge in [0.15, 0.2) is 0 Å². The molecule has 0 saturated carbocycles. The van der Waals surface area contributed by atoms with Crippen molar-refractivity contribution in [3.8, 4) is 6.07 Å². The van der Waals surface area contributed by atoms with E-state index < -0.39 is 0 Å². The van der Waals surface area contributed by atoms with E-state index in [0.29, 0.717) is 10.6 Å². The Morgan fingerprint density at radius 1 is 1.41 bits per heavy atom. The fourth-order valence-electron chi connectivity index (χ4n) is 1.48. The molecule has 0 aliphatic rings. The van der Waals surface area contributed by atoms with Gasteiger partial charge in [0.2, 0.25) is 0 Å². The van der Waals surface area contributed by atoms with Gasteiger partial charge >= 0.3 is 0 Å². The lowest BCUT2D eigenvalue weighted by molar-refractivity contribution is 1.14. The molecule has 1 aromatic heterocycles. The maximum atomic E-state index is 8.77. The van der Waals surface area contributed by atoms with E-state index in [0.717, 1.165) is 12.2 Å². The van der Waals surface area contributed by atoms with Crippen LogP contribution in [-0.2, 0) is 6.54 Å². The van der Waals surface area contributed by atoms with Gasteiger partial charge in [0, 0.05) is 12.2 Å². The SMILES string of the molecule is Cc1cscc1CNc1ccc(C#N)c(Cl)c1. The summed E-state index contributed by atoms with van der Waals surface area (Å²) in [6, 6.07) is 7.42. The number of thiophene rings is 1. The first-order chi connectivity index (χ1) is 8.20. The van der Waals surface area contributed by atoms with E-state index in [1.807, 2.05) is 12.1 Å². The standard InChI is InChI=1S/C13H11ClN2S/c1-9-7-17-8-11(9)6-16-12-3-2-10(5-15)13(14)4-12/h2-4,7-8,16H,6H2,1H3. The fourth-order valence-corrected chi connectivity index (χ4v) is 2.56. The third-order valence-electron chi connectivity index (χ3n) is 2.53. The minimum Gasteiger partial charge on any atom is -0.381 e. The van der Waals surface area contributed by atoms with E-state index in [1.54, 1.807) is 23.5 Å². The molecule has 2 nitrogen and oxygen atoms in total. The smallest absolute Gasteiger partial charge is 0.101 e. The van der Waals surface area contributed by atoms with Crippen molar-refractivity contribution in [2.24, 2.45) is 0 Å². The van der Waals surface area contributed by atoms with Crippen molar-refractivity contribution in [1.29, 1.82) is 5.26 Å². The maximum Gasteiger partial charge on any atom is 0.101 e. The lowest BCUT2D eigenvalue weighted by Gasteiger charge is -2.07. The Morgan fingerprint density at radius 2 is 2.24 bits per heavy atom. The minimum absolute atomic E-state index is 0.486. The number of hydrogen-bond acceptors (Lipinski definition) is 3. The second-order valence-corrected chi connectivity index (χ2v) is 4.89. The Kier molecular flexibility index (Phi) is 3.68. The van der Waals surface area contributed by atoms with Gasteiger partial charge in [0.1, 0.15) is 6.07 Å². The van der Waals surface area contributed by atoms with E-state index in [4.69, 9.17) is 16.9 Å². The number of nitrogens with zero attached hydrogens (tertiary/aromatic N) is 1. The van der Waals surface area contributed by atoms with Gasteiger partial charge in [-0.15, -0.1) is 0 Å². The Balaban J connectivity index is 2.08. The molecule has 86 valence electrons. The molecule has 0 saturated heterocycles. The van der Waals surface area contributed by atoms with Crippen LogP contribution in [0.25, 0.3) is 0 Å². The van der Waals surface area contributed by atoms with Gasteiger partial charge in [-0.2, -0.15) is 16.6 Å². The van der Waals surface area contributed by atoms with Gasteiger partial charge in [0.25, 0.3) is 0 Å². The molecule has 1 aromatic carbocycles. The van der Waals surface area contributed by atoms with Gasteiger partial charge in [0.05, 0.1) is 10.6 Å². The third kappa shape index (κ3) is 2.79. The molecule has 0 radical (unpaired) electrons. The maximum absolute atomic E-state index is 8.77. The fraction of sp³-hybridized carbons (Fsp3) is 0.154. The van der Waals surface area contributed by atoms with E-state index >= 15 is 0 Å². The summed E-state index contributed by atoms with van der Waals surface area (Å²) in [5.74, 6) is 0. The van der Waals surface area contributed by atoms with Crippen LogP contribution in [0.15, 0.2) is 29.0 Å². The normalized spacial score (nSPS) is 9.94. The van der Waals surface area contributed by atoms with E-state index in [1.165, 1.54) is 11.1 Å². The highest BCUT2D eigenvalue weighted by molar-refractivity contribution is 7.08. The van der Waals surface area contributed by atoms with Crippen molar-refractivity contribution in [3.63, 3.8) is 0 Å². The van der Waals surface area contributed by atoms with Crippen molar-refractivity contribution in [3.05, 3.63) is 50.7 Å². The molecule has 17 heavy (non-hydrogen) atoms. The van der Waals surface area contributed by atoms with Crippen LogP contribution >= 0.6 is 22.9 Å². The zero-order chi connectivity index (χ0) is 12.3. The number of nitrogens with one attached hydrogen (secondary N) is 1. The average molecular weight is 263 g/mol. The van der Waals surface area contributed by atoms with Crippen LogP contribution in [0.2, 0.25) is 5.02 Å². The summed E-state index contributed by atoms with van der Waals surface area (Å²) < 4.78 is 0. The Hall–Kier alpha value is -1.50. The Labute approximate surface area is 109 Å². The molecular weight excluding hydrogens is 252 g/mol. The molecule has 4 heteroatoms. The number of benzene rings is 1. The highest BCUT2D eigenvalue weighted by atomic mass is 35.5. The molecule has 0 amide bonds. The molecule has 0 aliphatic carbocycles. The van der Waals surface area contributed by atoms with Gasteiger partial charge in [-0.1, -0.05) is 11.6 Å². The number of hydrogen-bond donors (Lipinski definition) is 1.